The molecule has 0 unspecified atom stereocenters. The molecular weight excluding hydrogens is 170 g/mol. The summed E-state index contributed by atoms with van der Waals surface area (Å²) >= 11 is 5.81. The van der Waals surface area contributed by atoms with E-state index in [9.17, 15) is 0 Å². The monoisotopic (exact) mass is 183 g/mol. The fourth-order valence-electron chi connectivity index (χ4n) is 1.01. The zero-order chi connectivity index (χ0) is 9.35. The predicted octanol–water partition coefficient (Wildman–Crippen LogP) is 3.22. The fourth-order valence-corrected chi connectivity index (χ4v) is 1.13. The largest absolute Gasteiger partial charge is 0.398 e. The van der Waals surface area contributed by atoms with Crippen LogP contribution in [0.3, 0.4) is 0 Å². The van der Waals surface area contributed by atoms with Gasteiger partial charge >= 0.3 is 0 Å². The Morgan fingerprint density at radius 2 is 1.83 bits per heavy atom. The first-order chi connectivity index (χ1) is 5.41. The summed E-state index contributed by atoms with van der Waals surface area (Å²) in [5.74, 6) is 0. The fraction of sp³-hybridized carbons (Fsp3) is 0.400. The van der Waals surface area contributed by atoms with E-state index in [1.54, 1.807) is 0 Å². The van der Waals surface area contributed by atoms with Gasteiger partial charge in [-0.05, 0) is 23.1 Å². The van der Waals surface area contributed by atoms with Crippen LogP contribution in [0.5, 0.6) is 0 Å². The Morgan fingerprint density at radius 1 is 1.25 bits per heavy atom. The van der Waals surface area contributed by atoms with Gasteiger partial charge < -0.3 is 5.73 Å². The number of anilines is 1. The minimum atomic E-state index is 0.138. The van der Waals surface area contributed by atoms with Gasteiger partial charge in [0.2, 0.25) is 0 Å². The van der Waals surface area contributed by atoms with Gasteiger partial charge in [-0.25, -0.2) is 0 Å². The highest BCUT2D eigenvalue weighted by atomic mass is 35.5. The molecule has 0 aliphatic heterocycles. The van der Waals surface area contributed by atoms with Crippen molar-refractivity contribution in [1.29, 1.82) is 0 Å². The van der Waals surface area contributed by atoms with E-state index >= 15 is 0 Å². The topological polar surface area (TPSA) is 26.0 Å². The third-order valence-corrected chi connectivity index (χ3v) is 2.21. The van der Waals surface area contributed by atoms with Crippen molar-refractivity contribution < 1.29 is 0 Å². The summed E-state index contributed by atoms with van der Waals surface area (Å²) in [5.41, 5.74) is 7.69. The third-order valence-electron chi connectivity index (χ3n) is 1.86. The molecule has 0 heterocycles. The van der Waals surface area contributed by atoms with E-state index in [1.807, 2.05) is 18.2 Å². The summed E-state index contributed by atoms with van der Waals surface area (Å²) in [6, 6.07) is 5.79. The van der Waals surface area contributed by atoms with E-state index in [2.05, 4.69) is 20.8 Å². The van der Waals surface area contributed by atoms with Crippen LogP contribution in [-0.4, -0.2) is 0 Å². The van der Waals surface area contributed by atoms with Gasteiger partial charge in [0.25, 0.3) is 0 Å². The Bertz CT molecular complexity index is 286. The first-order valence-electron chi connectivity index (χ1n) is 3.97. The zero-order valence-corrected chi connectivity index (χ0v) is 8.44. The molecule has 0 amide bonds. The molecule has 1 aromatic rings. The van der Waals surface area contributed by atoms with Gasteiger partial charge in [-0.1, -0.05) is 38.4 Å². The Labute approximate surface area is 78.5 Å². The van der Waals surface area contributed by atoms with Crippen molar-refractivity contribution in [2.24, 2.45) is 0 Å². The summed E-state index contributed by atoms with van der Waals surface area (Å²) in [6.45, 7) is 6.45. The third kappa shape index (κ3) is 1.92. The zero-order valence-electron chi connectivity index (χ0n) is 7.69. The molecule has 0 fully saturated rings. The second kappa shape index (κ2) is 2.98. The lowest BCUT2D eigenvalue weighted by molar-refractivity contribution is 0.590. The second-order valence-electron chi connectivity index (χ2n) is 3.99. The SMILES string of the molecule is CC(C)(C)c1ccc(Cl)c(N)c1. The van der Waals surface area contributed by atoms with E-state index in [4.69, 9.17) is 17.3 Å². The number of hydrogen-bond acceptors (Lipinski definition) is 1. The quantitative estimate of drug-likeness (QED) is 0.615. The van der Waals surface area contributed by atoms with Crippen molar-refractivity contribution >= 4 is 17.3 Å². The van der Waals surface area contributed by atoms with Crippen molar-refractivity contribution in [2.75, 3.05) is 5.73 Å². The van der Waals surface area contributed by atoms with Gasteiger partial charge in [0.15, 0.2) is 0 Å². The van der Waals surface area contributed by atoms with Gasteiger partial charge in [-0.2, -0.15) is 0 Å². The number of halogens is 1. The average Bonchev–Trinajstić information content (AvgIpc) is 1.92. The highest BCUT2D eigenvalue weighted by Crippen LogP contribution is 2.27. The molecule has 2 N–H and O–H groups in total. The first-order valence-corrected chi connectivity index (χ1v) is 4.34. The molecule has 0 spiro atoms. The Kier molecular flexibility index (Phi) is 2.34. The summed E-state index contributed by atoms with van der Waals surface area (Å²) in [4.78, 5) is 0. The van der Waals surface area contributed by atoms with Crippen LogP contribution >= 0.6 is 11.6 Å². The van der Waals surface area contributed by atoms with E-state index in [1.165, 1.54) is 5.56 Å². The van der Waals surface area contributed by atoms with Gasteiger partial charge in [-0.3, -0.25) is 0 Å². The molecule has 0 radical (unpaired) electrons. The van der Waals surface area contributed by atoms with Crippen molar-refractivity contribution in [3.8, 4) is 0 Å². The summed E-state index contributed by atoms with van der Waals surface area (Å²) in [5, 5.41) is 0.628. The summed E-state index contributed by atoms with van der Waals surface area (Å²) in [6.07, 6.45) is 0. The van der Waals surface area contributed by atoms with Crippen molar-refractivity contribution in [3.63, 3.8) is 0 Å². The van der Waals surface area contributed by atoms with Crippen LogP contribution in [0.15, 0.2) is 18.2 Å². The molecule has 0 aliphatic carbocycles. The minimum Gasteiger partial charge on any atom is -0.398 e. The number of nitrogen functional groups attached to an aromatic ring is 1. The lowest BCUT2D eigenvalue weighted by Gasteiger charge is -2.19. The molecule has 12 heavy (non-hydrogen) atoms. The van der Waals surface area contributed by atoms with Crippen LogP contribution in [0, 0.1) is 0 Å². The lowest BCUT2D eigenvalue weighted by atomic mass is 9.87. The average molecular weight is 184 g/mol. The Hall–Kier alpha value is -0.690. The summed E-state index contributed by atoms with van der Waals surface area (Å²) < 4.78 is 0. The molecule has 1 nitrogen and oxygen atoms in total. The molecule has 0 bridgehead atoms. The van der Waals surface area contributed by atoms with E-state index in [-0.39, 0.29) is 5.41 Å². The van der Waals surface area contributed by atoms with Gasteiger partial charge in [0.1, 0.15) is 0 Å². The first kappa shape index (κ1) is 9.40. The maximum Gasteiger partial charge on any atom is 0.0635 e. The number of nitrogens with two attached hydrogens (primary N) is 1. The van der Waals surface area contributed by atoms with Crippen LogP contribution in [-0.2, 0) is 5.41 Å². The number of benzene rings is 1. The second-order valence-corrected chi connectivity index (χ2v) is 4.39. The van der Waals surface area contributed by atoms with Gasteiger partial charge in [0.05, 0.1) is 10.7 Å². The van der Waals surface area contributed by atoms with Crippen molar-refractivity contribution in [3.05, 3.63) is 28.8 Å². The van der Waals surface area contributed by atoms with Crippen molar-refractivity contribution in [1.82, 2.24) is 0 Å². The summed E-state index contributed by atoms with van der Waals surface area (Å²) in [7, 11) is 0. The van der Waals surface area contributed by atoms with E-state index in [0.717, 1.165) is 0 Å². The molecule has 0 aliphatic rings. The van der Waals surface area contributed by atoms with Crippen molar-refractivity contribution in [2.45, 2.75) is 26.2 Å². The highest BCUT2D eigenvalue weighted by Gasteiger charge is 2.13. The minimum absolute atomic E-state index is 0.138. The maximum absolute atomic E-state index is 5.81. The molecular formula is C10H14ClN. The van der Waals surface area contributed by atoms with Crippen LogP contribution in [0.4, 0.5) is 5.69 Å². The molecule has 2 heteroatoms. The van der Waals surface area contributed by atoms with Gasteiger partial charge in [-0.15, -0.1) is 0 Å². The van der Waals surface area contributed by atoms with Crippen LogP contribution in [0.25, 0.3) is 0 Å². The molecule has 0 saturated heterocycles. The van der Waals surface area contributed by atoms with Crippen LogP contribution < -0.4 is 5.73 Å². The molecule has 0 saturated carbocycles. The van der Waals surface area contributed by atoms with Crippen LogP contribution in [0.1, 0.15) is 26.3 Å². The number of rotatable bonds is 0. The normalized spacial score (nSPS) is 11.7. The molecule has 1 rings (SSSR count). The Morgan fingerprint density at radius 3 is 2.25 bits per heavy atom. The Balaban J connectivity index is 3.14. The van der Waals surface area contributed by atoms with Crippen LogP contribution in [0.2, 0.25) is 5.02 Å². The molecule has 0 aromatic heterocycles. The highest BCUT2D eigenvalue weighted by molar-refractivity contribution is 6.33. The van der Waals surface area contributed by atoms with E-state index in [0.29, 0.717) is 10.7 Å². The van der Waals surface area contributed by atoms with Gasteiger partial charge in [0, 0.05) is 0 Å². The smallest absolute Gasteiger partial charge is 0.0635 e. The number of hydrogen-bond donors (Lipinski definition) is 1. The molecule has 1 aromatic carbocycles. The molecule has 0 atom stereocenters. The standard InChI is InChI=1S/C10H14ClN/c1-10(2,3)7-4-5-8(11)9(12)6-7/h4-6H,12H2,1-3H3. The maximum atomic E-state index is 5.81. The predicted molar refractivity (Wildman–Crippen MR) is 54.6 cm³/mol. The lowest BCUT2D eigenvalue weighted by Crippen LogP contribution is -2.11. The molecule has 66 valence electrons. The van der Waals surface area contributed by atoms with E-state index < -0.39 is 0 Å².